The number of rotatable bonds is 3. The van der Waals surface area contributed by atoms with Gasteiger partial charge in [-0.2, -0.15) is 0 Å². The standard InChI is InChI=1S/C11H9BrN2OS2/c12-6-1-3-15-11(6)10(14-13)9-5-8-7(17-9)2-4-16-8/h1-5,10,14H,13H2. The van der Waals surface area contributed by atoms with Gasteiger partial charge in [-0.25, -0.2) is 5.43 Å². The van der Waals surface area contributed by atoms with E-state index in [9.17, 15) is 0 Å². The lowest BCUT2D eigenvalue weighted by atomic mass is 10.2. The molecule has 0 radical (unpaired) electrons. The van der Waals surface area contributed by atoms with Crippen molar-refractivity contribution >= 4 is 48.0 Å². The average molecular weight is 329 g/mol. The van der Waals surface area contributed by atoms with Crippen molar-refractivity contribution in [1.82, 2.24) is 5.43 Å². The van der Waals surface area contributed by atoms with E-state index < -0.39 is 0 Å². The van der Waals surface area contributed by atoms with E-state index in [1.165, 1.54) is 9.40 Å². The van der Waals surface area contributed by atoms with Crippen LogP contribution in [0.25, 0.3) is 9.40 Å². The number of hydrogen-bond acceptors (Lipinski definition) is 5. The molecule has 17 heavy (non-hydrogen) atoms. The quantitative estimate of drug-likeness (QED) is 0.566. The van der Waals surface area contributed by atoms with Crippen LogP contribution in [0.2, 0.25) is 0 Å². The molecule has 0 aromatic carbocycles. The lowest BCUT2D eigenvalue weighted by Gasteiger charge is -2.11. The van der Waals surface area contributed by atoms with Crippen molar-refractivity contribution < 1.29 is 4.42 Å². The minimum absolute atomic E-state index is 0.107. The topological polar surface area (TPSA) is 51.2 Å². The van der Waals surface area contributed by atoms with Crippen LogP contribution < -0.4 is 11.3 Å². The Bertz CT molecular complexity index is 614. The molecule has 0 amide bonds. The van der Waals surface area contributed by atoms with E-state index in [4.69, 9.17) is 10.3 Å². The molecule has 88 valence electrons. The number of nitrogens with one attached hydrogen (secondary N) is 1. The van der Waals surface area contributed by atoms with Gasteiger partial charge in [0.15, 0.2) is 0 Å². The number of furan rings is 1. The molecular formula is C11H9BrN2OS2. The van der Waals surface area contributed by atoms with Crippen LogP contribution >= 0.6 is 38.6 Å². The summed E-state index contributed by atoms with van der Waals surface area (Å²) in [6.07, 6.45) is 1.65. The number of hydrogen-bond donors (Lipinski definition) is 2. The first-order valence-corrected chi connectivity index (χ1v) is 7.44. The molecule has 3 aromatic rings. The maximum absolute atomic E-state index is 5.63. The van der Waals surface area contributed by atoms with E-state index in [0.29, 0.717) is 0 Å². The summed E-state index contributed by atoms with van der Waals surface area (Å²) in [5.74, 6) is 6.44. The second kappa shape index (κ2) is 4.55. The lowest BCUT2D eigenvalue weighted by Crippen LogP contribution is -2.28. The molecule has 0 saturated heterocycles. The summed E-state index contributed by atoms with van der Waals surface area (Å²) in [4.78, 5) is 1.16. The largest absolute Gasteiger partial charge is 0.466 e. The second-order valence-electron chi connectivity index (χ2n) is 3.53. The Morgan fingerprint density at radius 1 is 1.35 bits per heavy atom. The summed E-state index contributed by atoms with van der Waals surface area (Å²) in [7, 11) is 0. The lowest BCUT2D eigenvalue weighted by molar-refractivity contribution is 0.453. The molecule has 6 heteroatoms. The minimum atomic E-state index is -0.107. The highest BCUT2D eigenvalue weighted by Crippen LogP contribution is 2.37. The van der Waals surface area contributed by atoms with E-state index in [0.717, 1.165) is 15.1 Å². The fraction of sp³-hybridized carbons (Fsp3) is 0.0909. The number of fused-ring (bicyclic) bond motifs is 1. The molecule has 0 bridgehead atoms. The normalized spacial score (nSPS) is 13.3. The van der Waals surface area contributed by atoms with Crippen LogP contribution in [0.4, 0.5) is 0 Å². The monoisotopic (exact) mass is 328 g/mol. The zero-order chi connectivity index (χ0) is 11.8. The predicted molar refractivity (Wildman–Crippen MR) is 75.3 cm³/mol. The number of hydrazine groups is 1. The summed E-state index contributed by atoms with van der Waals surface area (Å²) in [6, 6.07) is 6.04. The maximum atomic E-state index is 5.63. The third-order valence-corrected chi connectivity index (χ3v) is 5.33. The highest BCUT2D eigenvalue weighted by molar-refractivity contribution is 9.10. The van der Waals surface area contributed by atoms with Gasteiger partial charge in [-0.15, -0.1) is 22.7 Å². The van der Waals surface area contributed by atoms with Gasteiger partial charge in [0.05, 0.1) is 10.7 Å². The molecule has 3 aromatic heterocycles. The zero-order valence-electron chi connectivity index (χ0n) is 8.64. The molecule has 0 fully saturated rings. The van der Waals surface area contributed by atoms with Crippen LogP contribution in [-0.4, -0.2) is 0 Å². The SMILES string of the molecule is NNC(c1cc2sccc2s1)c1occc1Br. The van der Waals surface area contributed by atoms with Crippen molar-refractivity contribution in [2.24, 2.45) is 5.84 Å². The molecule has 3 heterocycles. The Morgan fingerprint density at radius 3 is 2.88 bits per heavy atom. The Hall–Kier alpha value is -0.660. The van der Waals surface area contributed by atoms with Crippen molar-refractivity contribution in [1.29, 1.82) is 0 Å². The molecule has 3 nitrogen and oxygen atoms in total. The molecular weight excluding hydrogens is 320 g/mol. The van der Waals surface area contributed by atoms with Crippen molar-refractivity contribution in [3.8, 4) is 0 Å². The van der Waals surface area contributed by atoms with Gasteiger partial charge in [-0.05, 0) is 39.5 Å². The second-order valence-corrected chi connectivity index (χ2v) is 6.45. The number of halogens is 1. The van der Waals surface area contributed by atoms with Crippen molar-refractivity contribution in [2.45, 2.75) is 6.04 Å². The first kappa shape index (κ1) is 11.4. The molecule has 1 atom stereocenters. The molecule has 3 N–H and O–H groups in total. The summed E-state index contributed by atoms with van der Waals surface area (Å²) >= 11 is 6.93. The zero-order valence-corrected chi connectivity index (χ0v) is 11.9. The molecule has 1 unspecified atom stereocenters. The Morgan fingerprint density at radius 2 is 2.24 bits per heavy atom. The van der Waals surface area contributed by atoms with Gasteiger partial charge in [0.2, 0.25) is 0 Å². The fourth-order valence-corrected chi connectivity index (χ4v) is 4.33. The summed E-state index contributed by atoms with van der Waals surface area (Å²) in [5, 5.41) is 2.10. The van der Waals surface area contributed by atoms with Gasteiger partial charge in [0.25, 0.3) is 0 Å². The first-order valence-electron chi connectivity index (χ1n) is 4.95. The van der Waals surface area contributed by atoms with E-state index in [1.807, 2.05) is 6.07 Å². The average Bonchev–Trinajstić information content (AvgIpc) is 2.96. The molecule has 0 aliphatic rings. The molecule has 0 spiro atoms. The van der Waals surface area contributed by atoms with Gasteiger partial charge in [-0.3, -0.25) is 5.84 Å². The summed E-state index contributed by atoms with van der Waals surface area (Å²) < 4.78 is 8.96. The highest BCUT2D eigenvalue weighted by Gasteiger charge is 2.21. The van der Waals surface area contributed by atoms with Gasteiger partial charge in [0, 0.05) is 14.3 Å². The first-order chi connectivity index (χ1) is 8.29. The van der Waals surface area contributed by atoms with E-state index in [-0.39, 0.29) is 6.04 Å². The predicted octanol–water partition coefficient (Wildman–Crippen LogP) is 3.87. The third kappa shape index (κ3) is 1.96. The van der Waals surface area contributed by atoms with Gasteiger partial charge in [-0.1, -0.05) is 0 Å². The van der Waals surface area contributed by atoms with Crippen LogP contribution in [0.3, 0.4) is 0 Å². The van der Waals surface area contributed by atoms with E-state index >= 15 is 0 Å². The number of thiophene rings is 2. The van der Waals surface area contributed by atoms with Crippen LogP contribution in [0, 0.1) is 0 Å². The fourth-order valence-electron chi connectivity index (χ4n) is 1.73. The van der Waals surface area contributed by atoms with Crippen molar-refractivity contribution in [3.05, 3.63) is 45.0 Å². The van der Waals surface area contributed by atoms with Crippen molar-refractivity contribution in [2.75, 3.05) is 0 Å². The molecule has 0 aliphatic carbocycles. The Labute approximate surface area is 114 Å². The van der Waals surface area contributed by atoms with Gasteiger partial charge in [0.1, 0.15) is 11.8 Å². The third-order valence-electron chi connectivity index (χ3n) is 2.52. The van der Waals surface area contributed by atoms with Crippen LogP contribution in [-0.2, 0) is 0 Å². The maximum Gasteiger partial charge on any atom is 0.141 e. The summed E-state index contributed by atoms with van der Waals surface area (Å²) in [6.45, 7) is 0. The van der Waals surface area contributed by atoms with Crippen molar-refractivity contribution in [3.63, 3.8) is 0 Å². The highest BCUT2D eigenvalue weighted by atomic mass is 79.9. The van der Waals surface area contributed by atoms with E-state index in [1.54, 1.807) is 28.9 Å². The Balaban J connectivity index is 2.06. The smallest absolute Gasteiger partial charge is 0.141 e. The number of nitrogens with two attached hydrogens (primary N) is 1. The minimum Gasteiger partial charge on any atom is -0.466 e. The van der Waals surface area contributed by atoms with Gasteiger partial charge >= 0.3 is 0 Å². The summed E-state index contributed by atoms with van der Waals surface area (Å²) in [5.41, 5.74) is 2.80. The molecule has 3 rings (SSSR count). The van der Waals surface area contributed by atoms with Crippen LogP contribution in [0.1, 0.15) is 16.7 Å². The van der Waals surface area contributed by atoms with E-state index in [2.05, 4.69) is 38.9 Å². The van der Waals surface area contributed by atoms with Crippen LogP contribution in [0.15, 0.2) is 38.7 Å². The van der Waals surface area contributed by atoms with Gasteiger partial charge < -0.3 is 4.42 Å². The molecule has 0 aliphatic heterocycles. The Kier molecular flexibility index (Phi) is 3.06. The van der Waals surface area contributed by atoms with Crippen LogP contribution in [0.5, 0.6) is 0 Å². The molecule has 0 saturated carbocycles.